The molecule has 0 aliphatic heterocycles. The van der Waals surface area contributed by atoms with E-state index in [1.54, 1.807) is 22.7 Å². The van der Waals surface area contributed by atoms with Crippen LogP contribution in [-0.4, -0.2) is 24.5 Å². The second kappa shape index (κ2) is 9.23. The van der Waals surface area contributed by atoms with E-state index in [9.17, 15) is 4.79 Å². The van der Waals surface area contributed by atoms with Gasteiger partial charge >= 0.3 is 5.97 Å². The van der Waals surface area contributed by atoms with Gasteiger partial charge in [0, 0.05) is 4.88 Å². The molecule has 2 aliphatic rings. The number of hydrogen-bond acceptors (Lipinski definition) is 4. The Hall–Kier alpha value is -1.66. The van der Waals surface area contributed by atoms with Crippen molar-refractivity contribution in [3.05, 3.63) is 38.4 Å². The number of nitrogens with one attached hydrogen (secondary N) is 2. The lowest BCUT2D eigenvalue weighted by Gasteiger charge is -2.16. The van der Waals surface area contributed by atoms with Gasteiger partial charge in [-0.15, -0.1) is 11.3 Å². The highest BCUT2D eigenvalue weighted by atomic mass is 32.1. The number of ether oxygens (including phenoxy) is 1. The predicted molar refractivity (Wildman–Crippen MR) is 117 cm³/mol. The van der Waals surface area contributed by atoms with E-state index in [-0.39, 0.29) is 5.97 Å². The number of hydrogen-bond donors (Lipinski definition) is 2. The first-order valence-electron chi connectivity index (χ1n) is 10.5. The lowest BCUT2D eigenvalue weighted by Crippen LogP contribution is -2.81. The molecular weight excluding hydrogens is 388 g/mol. The van der Waals surface area contributed by atoms with Gasteiger partial charge in [-0.25, -0.2) is 10.1 Å². The van der Waals surface area contributed by atoms with Crippen molar-refractivity contribution in [1.82, 2.24) is 0 Å². The molecule has 2 aliphatic carbocycles. The van der Waals surface area contributed by atoms with Crippen LogP contribution >= 0.6 is 22.7 Å². The molecule has 2 N–H and O–H groups in total. The molecule has 0 aromatic carbocycles. The molecule has 0 bridgehead atoms. The molecular formula is C22H29N2O2S2+. The van der Waals surface area contributed by atoms with Gasteiger partial charge in [-0.05, 0) is 75.3 Å². The number of thiophene rings is 2. The topological polar surface area (TPSA) is 52.3 Å². The van der Waals surface area contributed by atoms with Crippen molar-refractivity contribution < 1.29 is 14.5 Å². The zero-order valence-electron chi connectivity index (χ0n) is 16.5. The van der Waals surface area contributed by atoms with Crippen molar-refractivity contribution in [2.24, 2.45) is 0 Å². The van der Waals surface area contributed by atoms with Gasteiger partial charge in [0.25, 0.3) is 5.84 Å². The van der Waals surface area contributed by atoms with Gasteiger partial charge in [0.05, 0.1) is 12.6 Å². The molecule has 1 fully saturated rings. The number of carbonyl (C=O) groups excluding carboxylic acids is 1. The number of carbonyl (C=O) groups is 1. The lowest BCUT2D eigenvalue weighted by molar-refractivity contribution is -0.506. The number of anilines is 1. The number of esters is 1. The quantitative estimate of drug-likeness (QED) is 0.437. The maximum Gasteiger partial charge on any atom is 0.343 e. The summed E-state index contributed by atoms with van der Waals surface area (Å²) in [6.45, 7) is 2.28. The van der Waals surface area contributed by atoms with Gasteiger partial charge in [0.1, 0.15) is 10.4 Å². The van der Waals surface area contributed by atoms with Gasteiger partial charge in [-0.2, -0.15) is 0 Å². The molecule has 0 spiro atoms. The van der Waals surface area contributed by atoms with Gasteiger partial charge in [-0.1, -0.05) is 23.8 Å². The van der Waals surface area contributed by atoms with Crippen LogP contribution in [0.5, 0.6) is 0 Å². The van der Waals surface area contributed by atoms with Crippen molar-refractivity contribution in [2.75, 3.05) is 11.9 Å². The van der Waals surface area contributed by atoms with Crippen molar-refractivity contribution in [1.29, 1.82) is 0 Å². The number of amidine groups is 1. The summed E-state index contributed by atoms with van der Waals surface area (Å²) < 4.78 is 5.42. The molecule has 6 heteroatoms. The predicted octanol–water partition coefficient (Wildman–Crippen LogP) is 4.14. The minimum Gasteiger partial charge on any atom is -0.462 e. The first kappa shape index (κ1) is 19.6. The normalized spacial score (nSPS) is 18.0. The van der Waals surface area contributed by atoms with Crippen LogP contribution in [0.25, 0.3) is 0 Å². The standard InChI is InChI=1S/C22H28N2O2S2/c1-2-26-22(25)19-16-11-6-7-12-17(16)28-21(19)24-20(18-13-8-14-27-18)23-15-9-4-3-5-10-15/h8,13-15H,2-7,9-12H2,1H3,(H,23,24)/p+1. The molecule has 0 radical (unpaired) electrons. The molecule has 4 rings (SSSR count). The van der Waals surface area contributed by atoms with Gasteiger partial charge in [0.15, 0.2) is 5.00 Å². The molecule has 2 aromatic rings. The summed E-state index contributed by atoms with van der Waals surface area (Å²) in [5, 5.41) is 6.67. The van der Waals surface area contributed by atoms with Crippen LogP contribution in [0.1, 0.15) is 77.5 Å². The fraction of sp³-hybridized carbons (Fsp3) is 0.545. The van der Waals surface area contributed by atoms with Gasteiger partial charge in [0.2, 0.25) is 0 Å². The number of rotatable bonds is 5. The van der Waals surface area contributed by atoms with Gasteiger partial charge < -0.3 is 4.74 Å². The third-order valence-electron chi connectivity index (χ3n) is 5.61. The van der Waals surface area contributed by atoms with Crippen LogP contribution in [-0.2, 0) is 17.6 Å². The Labute approximate surface area is 175 Å². The Kier molecular flexibility index (Phi) is 6.47. The van der Waals surface area contributed by atoms with Gasteiger partial charge in [-0.3, -0.25) is 4.99 Å². The number of fused-ring (bicyclic) bond motifs is 1. The van der Waals surface area contributed by atoms with E-state index in [2.05, 4.69) is 27.8 Å². The summed E-state index contributed by atoms with van der Waals surface area (Å²) in [5.74, 6) is 0.846. The molecule has 1 saturated carbocycles. The highest BCUT2D eigenvalue weighted by Gasteiger charge is 2.30. The Morgan fingerprint density at radius 1 is 1.21 bits per heavy atom. The summed E-state index contributed by atoms with van der Waals surface area (Å²) >= 11 is 3.46. The largest absolute Gasteiger partial charge is 0.462 e. The van der Waals surface area contributed by atoms with E-state index in [0.29, 0.717) is 12.6 Å². The molecule has 0 saturated heterocycles. The highest BCUT2D eigenvalue weighted by Crippen LogP contribution is 2.38. The first-order chi connectivity index (χ1) is 13.8. The third kappa shape index (κ3) is 4.33. The zero-order valence-corrected chi connectivity index (χ0v) is 18.1. The molecule has 2 heterocycles. The van der Waals surface area contributed by atoms with Crippen LogP contribution in [0.4, 0.5) is 5.00 Å². The van der Waals surface area contributed by atoms with Crippen LogP contribution in [0.2, 0.25) is 0 Å². The van der Waals surface area contributed by atoms with Crippen molar-refractivity contribution in [2.45, 2.75) is 70.8 Å². The van der Waals surface area contributed by atoms with Crippen molar-refractivity contribution in [3.63, 3.8) is 0 Å². The second-order valence-electron chi connectivity index (χ2n) is 7.59. The molecule has 2 aromatic heterocycles. The molecule has 4 nitrogen and oxygen atoms in total. The average molecular weight is 418 g/mol. The second-order valence-corrected chi connectivity index (χ2v) is 9.64. The Bertz CT molecular complexity index is 833. The minimum atomic E-state index is -0.187. The molecule has 28 heavy (non-hydrogen) atoms. The molecule has 150 valence electrons. The monoisotopic (exact) mass is 417 g/mol. The summed E-state index contributed by atoms with van der Waals surface area (Å²) in [7, 11) is 0. The van der Waals surface area contributed by atoms with Crippen molar-refractivity contribution >= 4 is 39.5 Å². The smallest absolute Gasteiger partial charge is 0.343 e. The summed E-state index contributed by atoms with van der Waals surface area (Å²) in [6.07, 6.45) is 10.7. The highest BCUT2D eigenvalue weighted by molar-refractivity contribution is 7.17. The van der Waals surface area contributed by atoms with Crippen LogP contribution < -0.4 is 10.3 Å². The van der Waals surface area contributed by atoms with E-state index in [4.69, 9.17) is 4.74 Å². The van der Waals surface area contributed by atoms with Crippen LogP contribution in [0.3, 0.4) is 0 Å². The summed E-state index contributed by atoms with van der Waals surface area (Å²) in [5.41, 5.74) is 1.97. The number of aryl methyl sites for hydroxylation is 1. The Balaban J connectivity index is 1.69. The summed E-state index contributed by atoms with van der Waals surface area (Å²) in [6, 6.07) is 4.72. The van der Waals surface area contributed by atoms with E-state index in [0.717, 1.165) is 35.7 Å². The average Bonchev–Trinajstić information content (AvgIpc) is 3.36. The molecule has 0 atom stereocenters. The van der Waals surface area contributed by atoms with E-state index >= 15 is 0 Å². The zero-order chi connectivity index (χ0) is 19.3. The van der Waals surface area contributed by atoms with E-state index in [1.807, 2.05) is 6.92 Å². The first-order valence-corrected chi connectivity index (χ1v) is 12.2. The fourth-order valence-electron chi connectivity index (χ4n) is 4.23. The fourth-order valence-corrected chi connectivity index (χ4v) is 6.20. The van der Waals surface area contributed by atoms with Crippen LogP contribution in [0, 0.1) is 0 Å². The maximum atomic E-state index is 12.8. The van der Waals surface area contributed by atoms with Crippen LogP contribution in [0.15, 0.2) is 17.5 Å². The lowest BCUT2D eigenvalue weighted by atomic mass is 9.95. The van der Waals surface area contributed by atoms with E-state index < -0.39 is 0 Å². The molecule has 0 amide bonds. The third-order valence-corrected chi connectivity index (χ3v) is 7.71. The Morgan fingerprint density at radius 3 is 2.79 bits per heavy atom. The molecule has 0 unspecified atom stereocenters. The Morgan fingerprint density at radius 2 is 2.04 bits per heavy atom. The van der Waals surface area contributed by atoms with E-state index in [1.165, 1.54) is 53.8 Å². The minimum absolute atomic E-state index is 0.187. The maximum absolute atomic E-state index is 12.8. The summed E-state index contributed by atoms with van der Waals surface area (Å²) in [4.78, 5) is 19.1. The van der Waals surface area contributed by atoms with Crippen molar-refractivity contribution in [3.8, 4) is 0 Å². The SMILES string of the molecule is CCOC(=O)c1c(NC(=[NH+]C2CCCCC2)c2cccs2)sc2c1CCCC2.